The second kappa shape index (κ2) is 10.7. The van der Waals surface area contributed by atoms with Gasteiger partial charge in [-0.1, -0.05) is 13.0 Å². The Morgan fingerprint density at radius 1 is 1.07 bits per heavy atom. The number of benzene rings is 2. The highest BCUT2D eigenvalue weighted by molar-refractivity contribution is 5.87. The molecule has 2 aromatic carbocycles. The normalized spacial score (nSPS) is 10.6. The number of carbonyl (C=O) groups excluding carboxylic acids is 1. The number of hydrogen-bond donors (Lipinski definition) is 0. The molecule has 148 valence electrons. The van der Waals surface area contributed by atoms with Crippen LogP contribution in [0.15, 0.2) is 48.5 Å². The van der Waals surface area contributed by atoms with Crippen molar-refractivity contribution in [3.05, 3.63) is 69.8 Å². The maximum Gasteiger partial charge on any atom is 0.331 e. The van der Waals surface area contributed by atoms with Gasteiger partial charge in [-0.3, -0.25) is 10.1 Å². The van der Waals surface area contributed by atoms with Gasteiger partial charge in [-0.25, -0.2) is 4.79 Å². The average molecular weight is 385 g/mol. The molecule has 0 atom stereocenters. The third kappa shape index (κ3) is 6.42. The topological polar surface area (TPSA) is 87.9 Å². The molecule has 0 amide bonds. The summed E-state index contributed by atoms with van der Waals surface area (Å²) in [6, 6.07) is 11.3. The van der Waals surface area contributed by atoms with Gasteiger partial charge >= 0.3 is 5.97 Å². The Hall–Kier alpha value is -3.35. The van der Waals surface area contributed by atoms with Crippen LogP contribution in [0.3, 0.4) is 0 Å². The second-order valence-electron chi connectivity index (χ2n) is 5.85. The Kier molecular flexibility index (Phi) is 8.02. The van der Waals surface area contributed by atoms with E-state index in [0.29, 0.717) is 30.3 Å². The van der Waals surface area contributed by atoms with Crippen molar-refractivity contribution in [2.45, 2.75) is 26.9 Å². The van der Waals surface area contributed by atoms with E-state index in [9.17, 15) is 14.9 Å². The predicted octanol–water partition coefficient (Wildman–Crippen LogP) is 4.54. The molecule has 0 radical (unpaired) electrons. The predicted molar refractivity (Wildman–Crippen MR) is 105 cm³/mol. The van der Waals surface area contributed by atoms with Gasteiger partial charge in [0.15, 0.2) is 11.5 Å². The van der Waals surface area contributed by atoms with Crippen molar-refractivity contribution >= 4 is 17.7 Å². The number of non-ortho nitro benzene ring substituents is 1. The van der Waals surface area contributed by atoms with Gasteiger partial charge in [-0.15, -0.1) is 0 Å². The summed E-state index contributed by atoms with van der Waals surface area (Å²) in [4.78, 5) is 22.1. The van der Waals surface area contributed by atoms with Crippen LogP contribution in [0.2, 0.25) is 0 Å². The van der Waals surface area contributed by atoms with Crippen LogP contribution in [0.25, 0.3) is 6.08 Å². The molecule has 0 N–H and O–H groups in total. The maximum atomic E-state index is 11.9. The minimum absolute atomic E-state index is 0.00793. The molecule has 0 saturated heterocycles. The number of nitro groups is 1. The third-order valence-electron chi connectivity index (χ3n) is 3.67. The van der Waals surface area contributed by atoms with E-state index in [2.05, 4.69) is 0 Å². The summed E-state index contributed by atoms with van der Waals surface area (Å²) in [5, 5.41) is 10.6. The van der Waals surface area contributed by atoms with Gasteiger partial charge in [0, 0.05) is 18.2 Å². The van der Waals surface area contributed by atoms with Crippen LogP contribution in [-0.2, 0) is 16.1 Å². The lowest BCUT2D eigenvalue weighted by Gasteiger charge is -2.12. The molecular formula is C21H23NO6. The van der Waals surface area contributed by atoms with Crippen LogP contribution >= 0.6 is 0 Å². The first-order chi connectivity index (χ1) is 13.5. The first-order valence-electron chi connectivity index (χ1n) is 9.01. The van der Waals surface area contributed by atoms with Gasteiger partial charge in [0.2, 0.25) is 0 Å². The number of hydrogen-bond acceptors (Lipinski definition) is 6. The lowest BCUT2D eigenvalue weighted by molar-refractivity contribution is -0.384. The molecule has 0 saturated carbocycles. The number of nitro benzene ring substituents is 1. The fraction of sp³-hybridized carbons (Fsp3) is 0.286. The van der Waals surface area contributed by atoms with Gasteiger partial charge in [0.25, 0.3) is 5.69 Å². The van der Waals surface area contributed by atoms with Crippen molar-refractivity contribution in [1.29, 1.82) is 0 Å². The number of carbonyl (C=O) groups is 1. The Balaban J connectivity index is 1.95. The quantitative estimate of drug-likeness (QED) is 0.258. The van der Waals surface area contributed by atoms with Crippen LogP contribution in [-0.4, -0.2) is 24.1 Å². The molecule has 0 bridgehead atoms. The summed E-state index contributed by atoms with van der Waals surface area (Å²) in [6.07, 6.45) is 3.85. The molecule has 0 aromatic heterocycles. The van der Waals surface area contributed by atoms with Crippen molar-refractivity contribution in [1.82, 2.24) is 0 Å². The highest BCUT2D eigenvalue weighted by Gasteiger charge is 2.07. The molecule has 7 heteroatoms. The van der Waals surface area contributed by atoms with E-state index in [1.165, 1.54) is 18.2 Å². The highest BCUT2D eigenvalue weighted by atomic mass is 16.6. The van der Waals surface area contributed by atoms with E-state index in [1.54, 1.807) is 24.3 Å². The molecule has 0 aliphatic carbocycles. The van der Waals surface area contributed by atoms with Crippen molar-refractivity contribution in [3.8, 4) is 11.5 Å². The zero-order valence-corrected chi connectivity index (χ0v) is 15.9. The molecule has 2 aromatic rings. The Morgan fingerprint density at radius 2 is 1.82 bits per heavy atom. The number of ether oxygens (including phenoxy) is 3. The first kappa shape index (κ1) is 21.0. The molecule has 7 nitrogen and oxygen atoms in total. The third-order valence-corrected chi connectivity index (χ3v) is 3.67. The van der Waals surface area contributed by atoms with Gasteiger partial charge in [-0.2, -0.15) is 0 Å². The lowest BCUT2D eigenvalue weighted by atomic mass is 10.2. The minimum atomic E-state index is -0.511. The van der Waals surface area contributed by atoms with Crippen LogP contribution in [0.4, 0.5) is 5.69 Å². The highest BCUT2D eigenvalue weighted by Crippen LogP contribution is 2.29. The fourth-order valence-electron chi connectivity index (χ4n) is 2.31. The summed E-state index contributed by atoms with van der Waals surface area (Å²) < 4.78 is 16.4. The molecular weight excluding hydrogens is 362 g/mol. The molecule has 2 rings (SSSR count). The summed E-state index contributed by atoms with van der Waals surface area (Å²) in [5.41, 5.74) is 1.44. The van der Waals surface area contributed by atoms with Crippen LogP contribution < -0.4 is 9.47 Å². The number of nitrogens with zero attached hydrogens (tertiary/aromatic N) is 1. The summed E-state index contributed by atoms with van der Waals surface area (Å²) >= 11 is 0. The molecule has 0 heterocycles. The Morgan fingerprint density at radius 3 is 2.46 bits per heavy atom. The van der Waals surface area contributed by atoms with Gasteiger partial charge in [-0.05, 0) is 54.8 Å². The van der Waals surface area contributed by atoms with E-state index in [4.69, 9.17) is 14.2 Å². The Labute approximate surface area is 163 Å². The maximum absolute atomic E-state index is 11.9. The molecule has 0 aliphatic heterocycles. The first-order valence-corrected chi connectivity index (χ1v) is 9.01. The van der Waals surface area contributed by atoms with Crippen molar-refractivity contribution < 1.29 is 23.9 Å². The second-order valence-corrected chi connectivity index (χ2v) is 5.85. The van der Waals surface area contributed by atoms with Crippen molar-refractivity contribution in [2.24, 2.45) is 0 Å². The van der Waals surface area contributed by atoms with Gasteiger partial charge < -0.3 is 14.2 Å². The standard InChI is InChI=1S/C21H23NO6/c1-3-13-27-19-11-7-16(14-20(19)26-4-2)8-12-21(23)28-15-17-5-9-18(10-6-17)22(24)25/h5-12,14H,3-4,13,15H2,1-2H3. The van der Waals surface area contributed by atoms with E-state index in [0.717, 1.165) is 12.0 Å². The fourth-order valence-corrected chi connectivity index (χ4v) is 2.31. The molecule has 0 spiro atoms. The Bertz CT molecular complexity index is 829. The molecule has 0 unspecified atom stereocenters. The van der Waals surface area contributed by atoms with E-state index >= 15 is 0 Å². The SMILES string of the molecule is CCCOc1ccc(C=CC(=O)OCc2ccc([N+](=O)[O-])cc2)cc1OCC. The van der Waals surface area contributed by atoms with Crippen molar-refractivity contribution in [3.63, 3.8) is 0 Å². The lowest BCUT2D eigenvalue weighted by Crippen LogP contribution is -2.01. The zero-order chi connectivity index (χ0) is 20.4. The monoisotopic (exact) mass is 385 g/mol. The average Bonchev–Trinajstić information content (AvgIpc) is 2.70. The van der Waals surface area contributed by atoms with Gasteiger partial charge in [0.05, 0.1) is 18.1 Å². The smallest absolute Gasteiger partial charge is 0.331 e. The zero-order valence-electron chi connectivity index (χ0n) is 15.9. The van der Waals surface area contributed by atoms with E-state index in [-0.39, 0.29) is 12.3 Å². The summed E-state index contributed by atoms with van der Waals surface area (Å²) in [6.45, 7) is 5.06. The van der Waals surface area contributed by atoms with Crippen LogP contribution in [0.1, 0.15) is 31.4 Å². The van der Waals surface area contributed by atoms with Crippen LogP contribution in [0.5, 0.6) is 11.5 Å². The van der Waals surface area contributed by atoms with Crippen LogP contribution in [0, 0.1) is 10.1 Å². The number of rotatable bonds is 10. The summed E-state index contributed by atoms with van der Waals surface area (Å²) in [7, 11) is 0. The van der Waals surface area contributed by atoms with E-state index in [1.807, 2.05) is 26.0 Å². The molecule has 0 fully saturated rings. The molecule has 0 aliphatic rings. The van der Waals surface area contributed by atoms with Gasteiger partial charge in [0.1, 0.15) is 6.61 Å². The van der Waals surface area contributed by atoms with E-state index < -0.39 is 10.9 Å². The number of esters is 1. The van der Waals surface area contributed by atoms with Crippen molar-refractivity contribution in [2.75, 3.05) is 13.2 Å². The largest absolute Gasteiger partial charge is 0.490 e. The molecule has 28 heavy (non-hydrogen) atoms. The minimum Gasteiger partial charge on any atom is -0.490 e. The summed E-state index contributed by atoms with van der Waals surface area (Å²) in [5.74, 6) is 0.779.